The fourth-order valence-corrected chi connectivity index (χ4v) is 15.1. The second-order valence-corrected chi connectivity index (χ2v) is 19.5. The third-order valence-corrected chi connectivity index (χ3v) is 19.3. The van der Waals surface area contributed by atoms with Gasteiger partial charge in [0.1, 0.15) is 0 Å². The second-order valence-electron chi connectivity index (χ2n) is 6.18. The summed E-state index contributed by atoms with van der Waals surface area (Å²) in [6.45, 7) is 11.6. The van der Waals surface area contributed by atoms with Crippen LogP contribution in [0.3, 0.4) is 0 Å². The highest BCUT2D eigenvalue weighted by molar-refractivity contribution is 7.91. The van der Waals surface area contributed by atoms with Gasteiger partial charge in [0.25, 0.3) is 20.2 Å². The van der Waals surface area contributed by atoms with Crippen molar-refractivity contribution in [2.75, 3.05) is 11.5 Å². The predicted octanol–water partition coefficient (Wildman–Crippen LogP) is 3.69. The van der Waals surface area contributed by atoms with Gasteiger partial charge in [-0.25, -0.2) is 16.8 Å². The molecule has 0 spiro atoms. The molecule has 0 atom stereocenters. The van der Waals surface area contributed by atoms with Gasteiger partial charge in [0.05, 0.1) is 11.5 Å². The molecular weight excluding hydrogens is 384 g/mol. The van der Waals surface area contributed by atoms with Crippen LogP contribution in [0.2, 0.25) is 36.3 Å². The first-order valence-electron chi connectivity index (χ1n) is 8.85. The van der Waals surface area contributed by atoms with Crippen molar-refractivity contribution in [3.63, 3.8) is 0 Å². The van der Waals surface area contributed by atoms with E-state index in [1.165, 1.54) is 0 Å². The Labute approximate surface area is 150 Å². The molecule has 0 saturated carbocycles. The zero-order chi connectivity index (χ0) is 19.1. The molecule has 0 fully saturated rings. The van der Waals surface area contributed by atoms with Gasteiger partial charge in [-0.3, -0.25) is 0 Å². The van der Waals surface area contributed by atoms with E-state index in [0.717, 1.165) is 0 Å². The quantitative estimate of drug-likeness (QED) is 0.424. The molecule has 0 aliphatic heterocycles. The minimum Gasteiger partial charge on any atom is -0.315 e. The van der Waals surface area contributed by atoms with Crippen molar-refractivity contribution in [2.24, 2.45) is 0 Å². The van der Waals surface area contributed by atoms with Crippen LogP contribution in [-0.4, -0.2) is 45.0 Å². The number of hydrogen-bond donors (Lipinski definition) is 0. The summed E-state index contributed by atoms with van der Waals surface area (Å²) in [5.74, 6) is -1.07. The molecule has 0 radical (unpaired) electrons. The fraction of sp³-hybridized carbons (Fsp3) is 1.00. The molecule has 0 aliphatic rings. The SMILES string of the molecule is CC[Si](CC)(CC)OS(=O)(=O)CCS(=O)(=O)O[Si](CC)(CC)CC. The standard InChI is InChI=1S/C14H34O6S2Si2/c1-7-23(8-2,9-3)19-21(15,16)13-14-22(17,18)20-24(10-4,11-5)12-6/h7-14H2,1-6H3. The van der Waals surface area contributed by atoms with Gasteiger partial charge in [-0.2, -0.15) is 0 Å². The summed E-state index contributed by atoms with van der Waals surface area (Å²) in [7, 11) is -12.4. The lowest BCUT2D eigenvalue weighted by Gasteiger charge is -2.28. The van der Waals surface area contributed by atoms with Crippen LogP contribution in [-0.2, 0) is 28.0 Å². The van der Waals surface area contributed by atoms with Gasteiger partial charge < -0.3 is 7.74 Å². The molecule has 0 amide bonds. The van der Waals surface area contributed by atoms with E-state index in [1.54, 1.807) is 0 Å². The van der Waals surface area contributed by atoms with E-state index >= 15 is 0 Å². The molecule has 0 rings (SSSR count). The largest absolute Gasteiger partial charge is 0.315 e. The summed E-state index contributed by atoms with van der Waals surface area (Å²) in [4.78, 5) is 0. The normalized spacial score (nSPS) is 14.1. The number of hydrogen-bond acceptors (Lipinski definition) is 6. The highest BCUT2D eigenvalue weighted by Gasteiger charge is 2.37. The van der Waals surface area contributed by atoms with E-state index in [9.17, 15) is 16.8 Å². The summed E-state index contributed by atoms with van der Waals surface area (Å²) < 4.78 is 60.0. The molecular formula is C14H34O6S2Si2. The fourth-order valence-electron chi connectivity index (χ4n) is 2.68. The first kappa shape index (κ1) is 24.3. The van der Waals surface area contributed by atoms with Crippen LogP contribution in [0.15, 0.2) is 0 Å². The van der Waals surface area contributed by atoms with Crippen LogP contribution in [0.5, 0.6) is 0 Å². The van der Waals surface area contributed by atoms with Crippen molar-refractivity contribution >= 4 is 36.9 Å². The molecule has 146 valence electrons. The zero-order valence-corrected chi connectivity index (χ0v) is 19.6. The van der Waals surface area contributed by atoms with Crippen molar-refractivity contribution in [3.05, 3.63) is 0 Å². The molecule has 6 nitrogen and oxygen atoms in total. The molecule has 24 heavy (non-hydrogen) atoms. The molecule has 0 saturated heterocycles. The molecule has 10 heteroatoms. The van der Waals surface area contributed by atoms with Crippen LogP contribution >= 0.6 is 0 Å². The Bertz CT molecular complexity index is 498. The summed E-state index contributed by atoms with van der Waals surface area (Å²) in [5.41, 5.74) is 0. The maximum atomic E-state index is 12.2. The lowest BCUT2D eigenvalue weighted by Crippen LogP contribution is -2.41. The molecule has 0 bridgehead atoms. The Hall–Kier alpha value is 0.254. The first-order valence-corrected chi connectivity index (χ1v) is 17.1. The third kappa shape index (κ3) is 7.24. The maximum Gasteiger partial charge on any atom is 0.258 e. The summed E-state index contributed by atoms with van der Waals surface area (Å²) >= 11 is 0. The van der Waals surface area contributed by atoms with Crippen molar-refractivity contribution in [3.8, 4) is 0 Å². The molecule has 0 aliphatic carbocycles. The maximum absolute atomic E-state index is 12.2. The third-order valence-electron chi connectivity index (χ3n) is 5.06. The molecule has 0 N–H and O–H groups in total. The summed E-state index contributed by atoms with van der Waals surface area (Å²) in [6.07, 6.45) is 0. The van der Waals surface area contributed by atoms with Crippen molar-refractivity contribution in [1.29, 1.82) is 0 Å². The lowest BCUT2D eigenvalue weighted by molar-refractivity contribution is 0.464. The van der Waals surface area contributed by atoms with Crippen LogP contribution in [0.4, 0.5) is 0 Å². The Balaban J connectivity index is 5.04. The van der Waals surface area contributed by atoms with E-state index < -0.39 is 48.4 Å². The van der Waals surface area contributed by atoms with Crippen LogP contribution in [0.1, 0.15) is 41.5 Å². The summed E-state index contributed by atoms with van der Waals surface area (Å²) in [5, 5.41) is 0. The topological polar surface area (TPSA) is 86.7 Å². The average molecular weight is 419 g/mol. The first-order chi connectivity index (χ1) is 11.0. The molecule has 0 unspecified atom stereocenters. The van der Waals surface area contributed by atoms with Gasteiger partial charge in [0, 0.05) is 0 Å². The smallest absolute Gasteiger partial charge is 0.258 e. The van der Waals surface area contributed by atoms with Gasteiger partial charge in [-0.15, -0.1) is 0 Å². The van der Waals surface area contributed by atoms with Crippen LogP contribution in [0, 0.1) is 0 Å². The molecule has 0 aromatic carbocycles. The van der Waals surface area contributed by atoms with Gasteiger partial charge in [-0.1, -0.05) is 41.5 Å². The second kappa shape index (κ2) is 9.81. The number of rotatable bonds is 13. The van der Waals surface area contributed by atoms with Crippen molar-refractivity contribution in [1.82, 2.24) is 0 Å². The van der Waals surface area contributed by atoms with Gasteiger partial charge >= 0.3 is 0 Å². The Kier molecular flexibility index (Phi) is 9.92. The predicted molar refractivity (Wildman–Crippen MR) is 104 cm³/mol. The molecule has 0 aromatic rings. The minimum absolute atomic E-state index is 0.536. The van der Waals surface area contributed by atoms with E-state index in [1.807, 2.05) is 41.5 Å². The van der Waals surface area contributed by atoms with E-state index in [-0.39, 0.29) is 0 Å². The van der Waals surface area contributed by atoms with E-state index in [0.29, 0.717) is 36.3 Å². The van der Waals surface area contributed by atoms with E-state index in [4.69, 9.17) is 7.74 Å². The lowest BCUT2D eigenvalue weighted by atomic mass is 10.9. The van der Waals surface area contributed by atoms with Gasteiger partial charge in [0.2, 0.25) is 16.6 Å². The van der Waals surface area contributed by atoms with Crippen LogP contribution < -0.4 is 0 Å². The molecule has 0 aromatic heterocycles. The van der Waals surface area contributed by atoms with Crippen molar-refractivity contribution in [2.45, 2.75) is 77.8 Å². The average Bonchev–Trinajstić information content (AvgIpc) is 2.56. The summed E-state index contributed by atoms with van der Waals surface area (Å²) in [6, 6.07) is 4.17. The Morgan fingerprint density at radius 3 is 0.917 bits per heavy atom. The van der Waals surface area contributed by atoms with Gasteiger partial charge in [-0.05, 0) is 36.3 Å². The minimum atomic E-state index is -3.87. The Morgan fingerprint density at radius 2 is 0.750 bits per heavy atom. The molecule has 0 heterocycles. The monoisotopic (exact) mass is 418 g/mol. The van der Waals surface area contributed by atoms with Gasteiger partial charge in [0.15, 0.2) is 0 Å². The highest BCUT2D eigenvalue weighted by Crippen LogP contribution is 2.26. The highest BCUT2D eigenvalue weighted by atomic mass is 32.2. The van der Waals surface area contributed by atoms with E-state index in [2.05, 4.69) is 0 Å². The van der Waals surface area contributed by atoms with Crippen LogP contribution in [0.25, 0.3) is 0 Å². The Morgan fingerprint density at radius 1 is 0.542 bits per heavy atom. The van der Waals surface area contributed by atoms with Crippen molar-refractivity contribution < 1.29 is 24.6 Å². The zero-order valence-electron chi connectivity index (χ0n) is 15.9.